The molecule has 1 aromatic rings. The molecule has 0 saturated heterocycles. The van der Waals surface area contributed by atoms with E-state index < -0.39 is 0 Å². The van der Waals surface area contributed by atoms with Crippen LogP contribution in [-0.4, -0.2) is 25.7 Å². The third kappa shape index (κ3) is 6.60. The van der Waals surface area contributed by atoms with Gasteiger partial charge in [0, 0.05) is 25.7 Å². The van der Waals surface area contributed by atoms with Crippen LogP contribution in [0.15, 0.2) is 24.3 Å². The highest BCUT2D eigenvalue weighted by Crippen LogP contribution is 2.17. The van der Waals surface area contributed by atoms with Gasteiger partial charge in [0.15, 0.2) is 0 Å². The van der Waals surface area contributed by atoms with Crippen LogP contribution in [0.2, 0.25) is 0 Å². The maximum absolute atomic E-state index is 10.7. The van der Waals surface area contributed by atoms with Gasteiger partial charge in [0.05, 0.1) is 6.61 Å². The summed E-state index contributed by atoms with van der Waals surface area (Å²) in [6, 6.07) is 8.65. The fraction of sp³-hybridized carbons (Fsp3) is 0.588. The van der Waals surface area contributed by atoms with E-state index in [0.717, 1.165) is 25.9 Å². The number of benzene rings is 1. The summed E-state index contributed by atoms with van der Waals surface area (Å²) in [6.07, 6.45) is 4.38. The van der Waals surface area contributed by atoms with Crippen molar-refractivity contribution in [1.82, 2.24) is 0 Å². The first-order valence-corrected chi connectivity index (χ1v) is 7.58. The number of anilines is 1. The SMILES string of the molecule is CCCCN(CCCCOC(C)=O)c1cccc(C)c1. The van der Waals surface area contributed by atoms with Gasteiger partial charge in [0.1, 0.15) is 0 Å². The fourth-order valence-corrected chi connectivity index (χ4v) is 2.16. The number of unbranched alkanes of at least 4 members (excludes halogenated alkanes) is 2. The summed E-state index contributed by atoms with van der Waals surface area (Å²) < 4.78 is 4.97. The maximum Gasteiger partial charge on any atom is 0.302 e. The summed E-state index contributed by atoms with van der Waals surface area (Å²) >= 11 is 0. The molecular weight excluding hydrogens is 250 g/mol. The lowest BCUT2D eigenvalue weighted by Gasteiger charge is -2.25. The Morgan fingerprint density at radius 2 is 1.95 bits per heavy atom. The second kappa shape index (κ2) is 9.40. The molecule has 20 heavy (non-hydrogen) atoms. The van der Waals surface area contributed by atoms with Gasteiger partial charge < -0.3 is 9.64 Å². The number of aryl methyl sites for hydroxylation is 1. The van der Waals surface area contributed by atoms with Crippen LogP contribution < -0.4 is 4.90 Å². The van der Waals surface area contributed by atoms with E-state index in [1.165, 1.54) is 31.0 Å². The molecule has 3 nitrogen and oxygen atoms in total. The Morgan fingerprint density at radius 3 is 2.60 bits per heavy atom. The number of hydrogen-bond donors (Lipinski definition) is 0. The number of rotatable bonds is 9. The van der Waals surface area contributed by atoms with Crippen LogP contribution in [0.5, 0.6) is 0 Å². The van der Waals surface area contributed by atoms with Crippen molar-refractivity contribution in [3.05, 3.63) is 29.8 Å². The predicted octanol–water partition coefficient (Wildman–Crippen LogP) is 3.94. The Kier molecular flexibility index (Phi) is 7.78. The van der Waals surface area contributed by atoms with Crippen molar-refractivity contribution in [3.8, 4) is 0 Å². The molecule has 1 rings (SSSR count). The average molecular weight is 277 g/mol. The number of hydrogen-bond acceptors (Lipinski definition) is 3. The van der Waals surface area contributed by atoms with Gasteiger partial charge in [0.25, 0.3) is 0 Å². The van der Waals surface area contributed by atoms with E-state index in [4.69, 9.17) is 4.74 Å². The highest BCUT2D eigenvalue weighted by Gasteiger charge is 2.06. The maximum atomic E-state index is 10.7. The molecule has 0 saturated carbocycles. The van der Waals surface area contributed by atoms with Crippen LogP contribution in [0.1, 0.15) is 45.1 Å². The van der Waals surface area contributed by atoms with Crippen molar-refractivity contribution in [1.29, 1.82) is 0 Å². The van der Waals surface area contributed by atoms with Gasteiger partial charge in [-0.3, -0.25) is 4.79 Å². The van der Waals surface area contributed by atoms with Crippen molar-refractivity contribution in [2.24, 2.45) is 0 Å². The zero-order valence-corrected chi connectivity index (χ0v) is 13.0. The topological polar surface area (TPSA) is 29.5 Å². The molecular formula is C17H27NO2. The Labute approximate surface area is 122 Å². The summed E-state index contributed by atoms with van der Waals surface area (Å²) in [4.78, 5) is 13.1. The van der Waals surface area contributed by atoms with Crippen molar-refractivity contribution in [3.63, 3.8) is 0 Å². The minimum absolute atomic E-state index is 0.188. The van der Waals surface area contributed by atoms with Crippen LogP contribution in [0, 0.1) is 6.92 Å². The Bertz CT molecular complexity index is 404. The number of carbonyl (C=O) groups excluding carboxylic acids is 1. The van der Waals surface area contributed by atoms with Crippen molar-refractivity contribution in [2.45, 2.75) is 46.5 Å². The van der Waals surface area contributed by atoms with Gasteiger partial charge in [0.2, 0.25) is 0 Å². The molecule has 0 aliphatic carbocycles. The molecule has 0 aliphatic heterocycles. The predicted molar refractivity (Wildman–Crippen MR) is 84.2 cm³/mol. The molecule has 0 fully saturated rings. The van der Waals surface area contributed by atoms with E-state index in [1.54, 1.807) is 0 Å². The van der Waals surface area contributed by atoms with Gasteiger partial charge in [-0.25, -0.2) is 0 Å². The minimum atomic E-state index is -0.188. The lowest BCUT2D eigenvalue weighted by molar-refractivity contribution is -0.141. The summed E-state index contributed by atoms with van der Waals surface area (Å²) in [5, 5.41) is 0. The third-order valence-electron chi connectivity index (χ3n) is 3.28. The Hall–Kier alpha value is -1.51. The first-order valence-electron chi connectivity index (χ1n) is 7.58. The second-order valence-electron chi connectivity index (χ2n) is 5.23. The van der Waals surface area contributed by atoms with Gasteiger partial charge in [-0.05, 0) is 43.9 Å². The first kappa shape index (κ1) is 16.5. The molecule has 0 heterocycles. The summed E-state index contributed by atoms with van der Waals surface area (Å²) in [6.45, 7) is 8.45. The molecule has 3 heteroatoms. The molecule has 0 aliphatic rings. The number of ether oxygens (including phenoxy) is 1. The summed E-state index contributed by atoms with van der Waals surface area (Å²) in [7, 11) is 0. The third-order valence-corrected chi connectivity index (χ3v) is 3.28. The molecule has 0 radical (unpaired) electrons. The highest BCUT2D eigenvalue weighted by atomic mass is 16.5. The van der Waals surface area contributed by atoms with Crippen LogP contribution in [0.4, 0.5) is 5.69 Å². The van der Waals surface area contributed by atoms with E-state index in [2.05, 4.69) is 43.0 Å². The van der Waals surface area contributed by atoms with Crippen molar-refractivity contribution in [2.75, 3.05) is 24.6 Å². The number of carbonyl (C=O) groups is 1. The molecule has 112 valence electrons. The quantitative estimate of drug-likeness (QED) is 0.505. The number of nitrogens with zero attached hydrogens (tertiary/aromatic N) is 1. The van der Waals surface area contributed by atoms with Gasteiger partial charge in [-0.15, -0.1) is 0 Å². The molecule has 0 unspecified atom stereocenters. The van der Waals surface area contributed by atoms with Crippen LogP contribution >= 0.6 is 0 Å². The zero-order valence-electron chi connectivity index (χ0n) is 13.0. The van der Waals surface area contributed by atoms with E-state index in [9.17, 15) is 4.79 Å². The van der Waals surface area contributed by atoms with E-state index in [1.807, 2.05) is 0 Å². The first-order chi connectivity index (χ1) is 9.63. The lowest BCUT2D eigenvalue weighted by atomic mass is 10.2. The molecule has 0 aromatic heterocycles. The van der Waals surface area contributed by atoms with Gasteiger partial charge in [-0.2, -0.15) is 0 Å². The minimum Gasteiger partial charge on any atom is -0.466 e. The van der Waals surface area contributed by atoms with Crippen LogP contribution in [0.3, 0.4) is 0 Å². The molecule has 1 aromatic carbocycles. The fourth-order valence-electron chi connectivity index (χ4n) is 2.16. The normalized spacial score (nSPS) is 10.3. The molecule has 0 spiro atoms. The van der Waals surface area contributed by atoms with Gasteiger partial charge >= 0.3 is 5.97 Å². The largest absolute Gasteiger partial charge is 0.466 e. The standard InChI is InChI=1S/C17H27NO2/c1-4-5-11-18(12-6-7-13-20-16(3)19)17-10-8-9-15(2)14-17/h8-10,14H,4-7,11-13H2,1-3H3. The summed E-state index contributed by atoms with van der Waals surface area (Å²) in [5.74, 6) is -0.188. The van der Waals surface area contributed by atoms with Gasteiger partial charge in [-0.1, -0.05) is 25.5 Å². The van der Waals surface area contributed by atoms with Crippen molar-refractivity contribution >= 4 is 11.7 Å². The molecule has 0 atom stereocenters. The van der Waals surface area contributed by atoms with Crippen LogP contribution in [-0.2, 0) is 9.53 Å². The van der Waals surface area contributed by atoms with E-state index in [-0.39, 0.29) is 5.97 Å². The molecule has 0 bridgehead atoms. The smallest absolute Gasteiger partial charge is 0.302 e. The average Bonchev–Trinajstić information content (AvgIpc) is 2.41. The number of esters is 1. The molecule has 0 N–H and O–H groups in total. The Balaban J connectivity index is 2.45. The van der Waals surface area contributed by atoms with E-state index >= 15 is 0 Å². The monoisotopic (exact) mass is 277 g/mol. The molecule has 0 amide bonds. The van der Waals surface area contributed by atoms with Crippen LogP contribution in [0.25, 0.3) is 0 Å². The van der Waals surface area contributed by atoms with Crippen molar-refractivity contribution < 1.29 is 9.53 Å². The lowest BCUT2D eigenvalue weighted by Crippen LogP contribution is -2.26. The highest BCUT2D eigenvalue weighted by molar-refractivity contribution is 5.65. The Morgan fingerprint density at radius 1 is 1.20 bits per heavy atom. The zero-order chi connectivity index (χ0) is 14.8. The van der Waals surface area contributed by atoms with E-state index in [0.29, 0.717) is 6.61 Å². The second-order valence-corrected chi connectivity index (χ2v) is 5.23. The summed E-state index contributed by atoms with van der Waals surface area (Å²) in [5.41, 5.74) is 2.59.